The fourth-order valence-electron chi connectivity index (χ4n) is 4.42. The van der Waals surface area contributed by atoms with Gasteiger partial charge in [0.05, 0.1) is 23.9 Å². The normalized spacial score (nSPS) is 21.8. The maximum absolute atomic E-state index is 6.15. The van der Waals surface area contributed by atoms with E-state index in [0.717, 1.165) is 35.1 Å². The monoisotopic (exact) mass is 435 g/mol. The maximum Gasteiger partial charge on any atom is 0.174 e. The smallest absolute Gasteiger partial charge is 0.174 e. The van der Waals surface area contributed by atoms with E-state index in [-0.39, 0.29) is 12.1 Å². The van der Waals surface area contributed by atoms with Crippen LogP contribution in [0, 0.1) is 6.92 Å². The predicted molar refractivity (Wildman–Crippen MR) is 126 cm³/mol. The lowest BCUT2D eigenvalue weighted by Gasteiger charge is -2.27. The average Bonchev–Trinajstić information content (AvgIpc) is 3.50. The molecule has 0 unspecified atom stereocenters. The van der Waals surface area contributed by atoms with Crippen LogP contribution >= 0.6 is 23.6 Å². The molecule has 1 N–H and O–H groups in total. The molecule has 5 rings (SSSR count). The Kier molecular flexibility index (Phi) is 5.44. The van der Waals surface area contributed by atoms with Gasteiger partial charge in [-0.2, -0.15) is 0 Å². The summed E-state index contributed by atoms with van der Waals surface area (Å²) in [4.78, 5) is 9.41. The first-order valence-electron chi connectivity index (χ1n) is 10.5. The third-order valence-corrected chi connectivity index (χ3v) is 7.26. The van der Waals surface area contributed by atoms with Crippen LogP contribution < -0.4 is 15.0 Å². The second-order valence-corrected chi connectivity index (χ2v) is 9.67. The SMILES string of the molecule is Cc1ccc([C@@H]2[C@H](c3ccccn3)NC(=S)N2c2ccc(OC3CCCC3)cc2)s1. The molecule has 3 heterocycles. The Hall–Kier alpha value is -2.44. The zero-order valence-corrected chi connectivity index (χ0v) is 18.6. The van der Waals surface area contributed by atoms with Gasteiger partial charge in [0.15, 0.2) is 5.11 Å². The summed E-state index contributed by atoms with van der Waals surface area (Å²) >= 11 is 7.61. The van der Waals surface area contributed by atoms with Crippen LogP contribution in [0.4, 0.5) is 5.69 Å². The van der Waals surface area contributed by atoms with Crippen LogP contribution in [0.25, 0.3) is 0 Å². The lowest BCUT2D eigenvalue weighted by Crippen LogP contribution is -2.29. The second kappa shape index (κ2) is 8.36. The fraction of sp³-hybridized carbons (Fsp3) is 0.333. The van der Waals surface area contributed by atoms with Gasteiger partial charge in [0.25, 0.3) is 0 Å². The number of anilines is 1. The number of ether oxygens (including phenoxy) is 1. The van der Waals surface area contributed by atoms with Crippen LogP contribution in [0.5, 0.6) is 5.75 Å². The number of hydrogen-bond acceptors (Lipinski definition) is 4. The topological polar surface area (TPSA) is 37.4 Å². The van der Waals surface area contributed by atoms with Crippen molar-refractivity contribution in [3.05, 3.63) is 76.2 Å². The molecule has 1 aromatic carbocycles. The Bertz CT molecular complexity index is 1010. The quantitative estimate of drug-likeness (QED) is 0.501. The largest absolute Gasteiger partial charge is 0.490 e. The molecule has 1 saturated heterocycles. The number of hydrogen-bond donors (Lipinski definition) is 1. The van der Waals surface area contributed by atoms with Gasteiger partial charge in [0.1, 0.15) is 5.75 Å². The lowest BCUT2D eigenvalue weighted by molar-refractivity contribution is 0.210. The molecule has 1 aliphatic heterocycles. The van der Waals surface area contributed by atoms with Gasteiger partial charge in [-0.1, -0.05) is 6.07 Å². The second-order valence-electron chi connectivity index (χ2n) is 7.96. The van der Waals surface area contributed by atoms with Gasteiger partial charge in [-0.3, -0.25) is 4.98 Å². The van der Waals surface area contributed by atoms with Crippen LogP contribution in [0.2, 0.25) is 0 Å². The first kappa shape index (κ1) is 19.5. The van der Waals surface area contributed by atoms with E-state index in [2.05, 4.69) is 64.6 Å². The highest BCUT2D eigenvalue weighted by atomic mass is 32.1. The summed E-state index contributed by atoms with van der Waals surface area (Å²) in [6, 6.07) is 18.9. The molecule has 0 bridgehead atoms. The highest BCUT2D eigenvalue weighted by molar-refractivity contribution is 7.80. The summed E-state index contributed by atoms with van der Waals surface area (Å²) in [5.41, 5.74) is 2.07. The lowest BCUT2D eigenvalue weighted by atomic mass is 10.0. The van der Waals surface area contributed by atoms with Gasteiger partial charge in [-0.05, 0) is 93.4 Å². The molecule has 2 aliphatic rings. The minimum atomic E-state index is 0.00571. The van der Waals surface area contributed by atoms with Gasteiger partial charge in [-0.25, -0.2) is 0 Å². The number of nitrogens with zero attached hydrogens (tertiary/aromatic N) is 2. The molecular weight excluding hydrogens is 410 g/mol. The van der Waals surface area contributed by atoms with Crippen LogP contribution in [-0.2, 0) is 0 Å². The molecule has 2 aromatic heterocycles. The number of nitrogens with one attached hydrogen (secondary N) is 1. The molecule has 1 saturated carbocycles. The molecule has 0 spiro atoms. The van der Waals surface area contributed by atoms with E-state index >= 15 is 0 Å². The van der Waals surface area contributed by atoms with E-state index in [1.165, 1.54) is 22.6 Å². The third kappa shape index (κ3) is 3.82. The molecule has 0 radical (unpaired) electrons. The Morgan fingerprint density at radius 2 is 1.87 bits per heavy atom. The Labute approximate surface area is 186 Å². The van der Waals surface area contributed by atoms with Gasteiger partial charge < -0.3 is 15.0 Å². The average molecular weight is 436 g/mol. The Morgan fingerprint density at radius 1 is 1.07 bits per heavy atom. The van der Waals surface area contributed by atoms with Crippen molar-refractivity contribution in [2.45, 2.75) is 50.8 Å². The van der Waals surface area contributed by atoms with Crippen LogP contribution in [0.3, 0.4) is 0 Å². The molecule has 2 fully saturated rings. The zero-order valence-electron chi connectivity index (χ0n) is 17.0. The first-order chi connectivity index (χ1) is 14.7. The van der Waals surface area contributed by atoms with E-state index in [4.69, 9.17) is 17.0 Å². The van der Waals surface area contributed by atoms with Crippen molar-refractivity contribution in [2.75, 3.05) is 4.90 Å². The van der Waals surface area contributed by atoms with Crippen LogP contribution in [-0.4, -0.2) is 16.2 Å². The van der Waals surface area contributed by atoms with Crippen molar-refractivity contribution in [3.8, 4) is 5.75 Å². The van der Waals surface area contributed by atoms with E-state index in [1.54, 1.807) is 0 Å². The van der Waals surface area contributed by atoms with E-state index in [0.29, 0.717) is 6.10 Å². The molecule has 4 nitrogen and oxygen atoms in total. The Balaban J connectivity index is 1.46. The number of pyridine rings is 1. The van der Waals surface area contributed by atoms with Crippen LogP contribution in [0.1, 0.15) is 53.2 Å². The Morgan fingerprint density at radius 3 is 2.53 bits per heavy atom. The first-order valence-corrected chi connectivity index (χ1v) is 11.8. The number of aromatic nitrogens is 1. The minimum Gasteiger partial charge on any atom is -0.490 e. The molecule has 0 amide bonds. The van der Waals surface area contributed by atoms with Gasteiger partial charge in [0, 0.05) is 21.6 Å². The third-order valence-electron chi connectivity index (χ3n) is 5.87. The fourth-order valence-corrected chi connectivity index (χ4v) is 5.77. The summed E-state index contributed by atoms with van der Waals surface area (Å²) in [6.45, 7) is 2.14. The van der Waals surface area contributed by atoms with E-state index in [9.17, 15) is 0 Å². The van der Waals surface area contributed by atoms with Crippen molar-refractivity contribution >= 4 is 34.4 Å². The van der Waals surface area contributed by atoms with Crippen molar-refractivity contribution < 1.29 is 4.74 Å². The standard InChI is InChI=1S/C24H25N3OS2/c1-16-9-14-21(30-16)23-22(20-8-4-5-15-25-20)26-24(29)27(23)17-10-12-19(13-11-17)28-18-6-2-3-7-18/h4-5,8-15,18,22-23H,2-3,6-7H2,1H3,(H,26,29)/t22-,23+/m0/s1. The van der Waals surface area contributed by atoms with Gasteiger partial charge in [0.2, 0.25) is 0 Å². The summed E-state index contributed by atoms with van der Waals surface area (Å²) in [7, 11) is 0. The van der Waals surface area contributed by atoms with Crippen molar-refractivity contribution in [1.82, 2.24) is 10.3 Å². The molecule has 30 heavy (non-hydrogen) atoms. The van der Waals surface area contributed by atoms with Gasteiger partial charge >= 0.3 is 0 Å². The van der Waals surface area contributed by atoms with Crippen molar-refractivity contribution in [1.29, 1.82) is 0 Å². The number of thiocarbonyl (C=S) groups is 1. The molecule has 154 valence electrons. The summed E-state index contributed by atoms with van der Waals surface area (Å²) in [6.07, 6.45) is 7.07. The molecule has 6 heteroatoms. The summed E-state index contributed by atoms with van der Waals surface area (Å²) in [5.74, 6) is 0.938. The van der Waals surface area contributed by atoms with Crippen molar-refractivity contribution in [3.63, 3.8) is 0 Å². The predicted octanol–water partition coefficient (Wildman–Crippen LogP) is 5.95. The number of rotatable bonds is 5. The summed E-state index contributed by atoms with van der Waals surface area (Å²) < 4.78 is 6.15. The zero-order chi connectivity index (χ0) is 20.5. The van der Waals surface area contributed by atoms with E-state index < -0.39 is 0 Å². The molecular formula is C24H25N3OS2. The summed E-state index contributed by atoms with van der Waals surface area (Å²) in [5, 5.41) is 4.25. The molecule has 3 aromatic rings. The van der Waals surface area contributed by atoms with E-state index in [1.807, 2.05) is 29.7 Å². The highest BCUT2D eigenvalue weighted by Crippen LogP contribution is 2.43. The van der Waals surface area contributed by atoms with Crippen molar-refractivity contribution in [2.24, 2.45) is 0 Å². The highest BCUT2D eigenvalue weighted by Gasteiger charge is 2.41. The molecule has 2 atom stereocenters. The number of thiophene rings is 1. The maximum atomic E-state index is 6.15. The van der Waals surface area contributed by atoms with Gasteiger partial charge in [-0.15, -0.1) is 11.3 Å². The number of benzene rings is 1. The minimum absolute atomic E-state index is 0.00571. The van der Waals surface area contributed by atoms with Crippen LogP contribution in [0.15, 0.2) is 60.8 Å². The molecule has 1 aliphatic carbocycles. The number of aryl methyl sites for hydroxylation is 1.